The van der Waals surface area contributed by atoms with Crippen molar-refractivity contribution in [3.8, 4) is 0 Å². The van der Waals surface area contributed by atoms with Gasteiger partial charge in [-0.3, -0.25) is 18.7 Å². The van der Waals surface area contributed by atoms with Gasteiger partial charge in [-0.2, -0.15) is 16.8 Å². The fourth-order valence-electron chi connectivity index (χ4n) is 8.39. The maximum absolute atomic E-state index is 12.8. The molecule has 0 heterocycles. The molecule has 0 spiro atoms. The lowest BCUT2D eigenvalue weighted by molar-refractivity contribution is -0.200. The van der Waals surface area contributed by atoms with Crippen molar-refractivity contribution in [3.63, 3.8) is 0 Å². The van der Waals surface area contributed by atoms with Crippen LogP contribution in [0.25, 0.3) is 0 Å². The standard InChI is InChI=1S/C25H40O10S2/c1-15-9-18-6-4-8-20(24(15)34-22(26)13-36(28,29)30)21(18)12-25(35-23(27)14-37(31,32)33)16(2)10-17-5-3-7-19(25)11-17/h15-21,24H,3-14H2,1-2H3,(H,28,29,30)(H,31,32,33). The van der Waals surface area contributed by atoms with Gasteiger partial charge >= 0.3 is 11.9 Å². The molecule has 2 N–H and O–H groups in total. The topological polar surface area (TPSA) is 161 Å². The van der Waals surface area contributed by atoms with Gasteiger partial charge in [0.25, 0.3) is 20.2 Å². The summed E-state index contributed by atoms with van der Waals surface area (Å²) < 4.78 is 75.6. The summed E-state index contributed by atoms with van der Waals surface area (Å²) in [5.41, 5.74) is -0.874. The van der Waals surface area contributed by atoms with E-state index in [-0.39, 0.29) is 29.6 Å². The van der Waals surface area contributed by atoms with Crippen LogP contribution in [-0.2, 0) is 39.3 Å². The minimum absolute atomic E-state index is 0.00232. The Labute approximate surface area is 219 Å². The zero-order chi connectivity index (χ0) is 27.2. The molecule has 10 nitrogen and oxygen atoms in total. The van der Waals surface area contributed by atoms with Crippen molar-refractivity contribution in [2.45, 2.75) is 89.8 Å². The molecule has 4 rings (SSSR count). The highest BCUT2D eigenvalue weighted by molar-refractivity contribution is 7.86. The first-order valence-electron chi connectivity index (χ1n) is 13.5. The lowest BCUT2D eigenvalue weighted by atomic mass is 9.52. The molecule has 212 valence electrons. The smallest absolute Gasteiger partial charge is 0.324 e. The van der Waals surface area contributed by atoms with Crippen LogP contribution >= 0.6 is 0 Å². The Bertz CT molecular complexity index is 1080. The summed E-state index contributed by atoms with van der Waals surface area (Å²) in [7, 11) is -9.04. The Kier molecular flexibility index (Phi) is 8.34. The predicted octanol–water partition coefficient (Wildman–Crippen LogP) is 3.26. The zero-order valence-electron chi connectivity index (χ0n) is 21.6. The molecule has 4 aliphatic rings. The number of ether oxygens (including phenoxy) is 2. The number of hydrogen-bond donors (Lipinski definition) is 2. The highest BCUT2D eigenvalue weighted by Crippen LogP contribution is 2.57. The van der Waals surface area contributed by atoms with Crippen molar-refractivity contribution in [2.75, 3.05) is 11.5 Å². The first kappa shape index (κ1) is 28.8. The first-order valence-corrected chi connectivity index (χ1v) is 16.7. The molecule has 12 heteroatoms. The van der Waals surface area contributed by atoms with Gasteiger partial charge in [0.1, 0.15) is 11.7 Å². The number of hydrogen-bond acceptors (Lipinski definition) is 8. The van der Waals surface area contributed by atoms with Crippen LogP contribution in [0.2, 0.25) is 0 Å². The Morgan fingerprint density at radius 2 is 1.51 bits per heavy atom. The summed E-state index contributed by atoms with van der Waals surface area (Å²) >= 11 is 0. The van der Waals surface area contributed by atoms with E-state index in [0.717, 1.165) is 57.8 Å². The number of fused-ring (bicyclic) bond motifs is 4. The maximum atomic E-state index is 12.8. The van der Waals surface area contributed by atoms with E-state index in [4.69, 9.17) is 14.0 Å². The van der Waals surface area contributed by atoms with E-state index in [9.17, 15) is 31.0 Å². The largest absolute Gasteiger partial charge is 0.461 e. The van der Waals surface area contributed by atoms with Crippen molar-refractivity contribution >= 4 is 32.2 Å². The van der Waals surface area contributed by atoms with E-state index >= 15 is 0 Å². The minimum atomic E-state index is -4.53. The van der Waals surface area contributed by atoms with Gasteiger partial charge in [0, 0.05) is 0 Å². The van der Waals surface area contributed by atoms with Crippen LogP contribution in [0.15, 0.2) is 0 Å². The fraction of sp³-hybridized carbons (Fsp3) is 0.920. The summed E-state index contributed by atoms with van der Waals surface area (Å²) in [6.45, 7) is 4.06. The van der Waals surface area contributed by atoms with Gasteiger partial charge in [-0.1, -0.05) is 39.5 Å². The third-order valence-corrected chi connectivity index (χ3v) is 10.8. The molecule has 4 fully saturated rings. The van der Waals surface area contributed by atoms with Crippen molar-refractivity contribution in [3.05, 3.63) is 0 Å². The lowest BCUT2D eigenvalue weighted by Crippen LogP contribution is -2.58. The lowest BCUT2D eigenvalue weighted by Gasteiger charge is -2.57. The van der Waals surface area contributed by atoms with Crippen LogP contribution in [0.3, 0.4) is 0 Å². The maximum Gasteiger partial charge on any atom is 0.324 e. The number of esters is 2. The SMILES string of the molecule is CC1CC2CCCC(C2CC2(OC(=O)CS(=O)(=O)O)C(C)CC3CCCC2C3)C1OC(=O)CS(=O)(=O)O. The second-order valence-corrected chi connectivity index (χ2v) is 15.0. The van der Waals surface area contributed by atoms with E-state index in [2.05, 4.69) is 6.92 Å². The second kappa shape index (κ2) is 10.7. The zero-order valence-corrected chi connectivity index (χ0v) is 23.2. The van der Waals surface area contributed by atoms with Crippen LogP contribution in [0.1, 0.15) is 78.1 Å². The molecule has 37 heavy (non-hydrogen) atoms. The van der Waals surface area contributed by atoms with E-state index in [0.29, 0.717) is 18.3 Å². The summed E-state index contributed by atoms with van der Waals surface area (Å²) in [4.78, 5) is 25.2. The Balaban J connectivity index is 1.63. The molecule has 0 aromatic rings. The van der Waals surface area contributed by atoms with E-state index in [1.165, 1.54) is 0 Å². The van der Waals surface area contributed by atoms with Crippen molar-refractivity contribution in [2.24, 2.45) is 41.4 Å². The highest BCUT2D eigenvalue weighted by atomic mass is 32.2. The van der Waals surface area contributed by atoms with Gasteiger partial charge in [-0.15, -0.1) is 0 Å². The van der Waals surface area contributed by atoms with Gasteiger partial charge in [-0.25, -0.2) is 0 Å². The minimum Gasteiger partial charge on any atom is -0.461 e. The van der Waals surface area contributed by atoms with Crippen molar-refractivity contribution < 1.29 is 45.0 Å². The quantitative estimate of drug-likeness (QED) is 0.331. The molecule has 0 radical (unpaired) electrons. The molecule has 0 aromatic heterocycles. The van der Waals surface area contributed by atoms with Gasteiger partial charge in [0.2, 0.25) is 0 Å². The second-order valence-electron chi connectivity index (χ2n) is 12.1. The Morgan fingerprint density at radius 3 is 2.19 bits per heavy atom. The monoisotopic (exact) mass is 564 g/mol. The van der Waals surface area contributed by atoms with Gasteiger partial charge in [0.05, 0.1) is 0 Å². The van der Waals surface area contributed by atoms with E-state index in [1.807, 2.05) is 6.92 Å². The average molecular weight is 565 g/mol. The number of rotatable bonds is 8. The normalized spacial score (nSPS) is 40.0. The van der Waals surface area contributed by atoms with Crippen molar-refractivity contribution in [1.82, 2.24) is 0 Å². The summed E-state index contributed by atoms with van der Waals surface area (Å²) in [5, 5.41) is 0. The van der Waals surface area contributed by atoms with Gasteiger partial charge < -0.3 is 9.47 Å². The average Bonchev–Trinajstić information content (AvgIpc) is 2.73. The molecule has 0 aliphatic heterocycles. The van der Waals surface area contributed by atoms with E-state index < -0.39 is 55.4 Å². The third-order valence-electron chi connectivity index (χ3n) is 9.65. The third kappa shape index (κ3) is 6.67. The fourth-order valence-corrected chi connectivity index (χ4v) is 9.11. The van der Waals surface area contributed by atoms with Crippen LogP contribution in [0.4, 0.5) is 0 Å². The van der Waals surface area contributed by atoms with Gasteiger partial charge in [0.15, 0.2) is 11.5 Å². The molecule has 4 aliphatic carbocycles. The summed E-state index contributed by atoms with van der Waals surface area (Å²) in [6.07, 6.45) is 8.33. The van der Waals surface area contributed by atoms with Crippen LogP contribution < -0.4 is 0 Å². The molecule has 0 aromatic carbocycles. The van der Waals surface area contributed by atoms with E-state index in [1.54, 1.807) is 0 Å². The summed E-state index contributed by atoms with van der Waals surface area (Å²) in [6, 6.07) is 0. The Hall–Kier alpha value is -1.24. The molecular weight excluding hydrogens is 524 g/mol. The van der Waals surface area contributed by atoms with Crippen LogP contribution in [0.5, 0.6) is 0 Å². The molecule has 0 saturated heterocycles. The first-order chi connectivity index (χ1) is 17.2. The molecule has 0 amide bonds. The number of carbonyl (C=O) groups is 2. The molecule has 4 bridgehead atoms. The van der Waals surface area contributed by atoms with Gasteiger partial charge in [-0.05, 0) is 80.0 Å². The van der Waals surface area contributed by atoms with Crippen LogP contribution in [-0.4, -0.2) is 61.1 Å². The highest BCUT2D eigenvalue weighted by Gasteiger charge is 2.57. The number of carbonyl (C=O) groups excluding carboxylic acids is 2. The molecule has 4 saturated carbocycles. The predicted molar refractivity (Wildman–Crippen MR) is 133 cm³/mol. The molecule has 9 unspecified atom stereocenters. The summed E-state index contributed by atoms with van der Waals surface area (Å²) in [5.74, 6) is -3.14. The van der Waals surface area contributed by atoms with Crippen LogP contribution in [0, 0.1) is 41.4 Å². The Morgan fingerprint density at radius 1 is 0.865 bits per heavy atom. The molecule has 9 atom stereocenters. The van der Waals surface area contributed by atoms with Crippen molar-refractivity contribution in [1.29, 1.82) is 0 Å². The molecular formula is C25H40O10S2.